The van der Waals surface area contributed by atoms with Crippen LogP contribution in [-0.2, 0) is 6.42 Å². The lowest BCUT2D eigenvalue weighted by Gasteiger charge is -2.15. The van der Waals surface area contributed by atoms with Crippen molar-refractivity contribution in [2.75, 3.05) is 0 Å². The summed E-state index contributed by atoms with van der Waals surface area (Å²) in [4.78, 5) is 0. The highest BCUT2D eigenvalue weighted by atomic mass is 15.3. The molecule has 2 N–H and O–H groups in total. The van der Waals surface area contributed by atoms with Gasteiger partial charge in [0.1, 0.15) is 11.6 Å². The highest BCUT2D eigenvalue weighted by Gasteiger charge is 2.14. The first-order valence-corrected chi connectivity index (χ1v) is 5.72. The highest BCUT2D eigenvalue weighted by Crippen LogP contribution is 2.12. The summed E-state index contributed by atoms with van der Waals surface area (Å²) >= 11 is 0. The van der Waals surface area contributed by atoms with Gasteiger partial charge in [0.05, 0.1) is 0 Å². The number of rotatable bonds is 5. The number of hydrogen-bond donors (Lipinski definition) is 1. The van der Waals surface area contributed by atoms with Crippen LogP contribution >= 0.6 is 0 Å². The number of nitrogens with zero attached hydrogens (tertiary/aromatic N) is 3. The van der Waals surface area contributed by atoms with Crippen molar-refractivity contribution in [1.29, 1.82) is 0 Å². The van der Waals surface area contributed by atoms with Crippen LogP contribution < -0.4 is 5.73 Å². The average Bonchev–Trinajstić information content (AvgIpc) is 2.47. The van der Waals surface area contributed by atoms with E-state index in [1.807, 2.05) is 6.92 Å². The van der Waals surface area contributed by atoms with Crippen molar-refractivity contribution in [3.05, 3.63) is 11.6 Å². The van der Waals surface area contributed by atoms with Gasteiger partial charge in [-0.3, -0.25) is 0 Å². The second kappa shape index (κ2) is 5.26. The fraction of sp³-hybridized carbons (Fsp3) is 0.818. The van der Waals surface area contributed by atoms with Crippen molar-refractivity contribution in [1.82, 2.24) is 14.8 Å². The van der Waals surface area contributed by atoms with Gasteiger partial charge in [-0.15, -0.1) is 10.2 Å². The van der Waals surface area contributed by atoms with Crippen LogP contribution in [-0.4, -0.2) is 20.8 Å². The molecule has 0 fully saturated rings. The van der Waals surface area contributed by atoms with E-state index >= 15 is 0 Å². The van der Waals surface area contributed by atoms with Crippen molar-refractivity contribution >= 4 is 0 Å². The molecule has 1 unspecified atom stereocenters. The van der Waals surface area contributed by atoms with Gasteiger partial charge in [0, 0.05) is 18.5 Å². The van der Waals surface area contributed by atoms with Gasteiger partial charge in [-0.25, -0.2) is 0 Å². The standard InChI is InChI=1S/C11H22N4/c1-5-6-10(12)7-11-14-13-9(4)15(11)8(2)3/h8,10H,5-7,12H2,1-4H3. The van der Waals surface area contributed by atoms with Crippen molar-refractivity contribution in [3.63, 3.8) is 0 Å². The SMILES string of the molecule is CCCC(N)Cc1nnc(C)n1C(C)C. The minimum Gasteiger partial charge on any atom is -0.327 e. The number of nitrogens with two attached hydrogens (primary N) is 1. The maximum atomic E-state index is 6.01. The van der Waals surface area contributed by atoms with Crippen molar-refractivity contribution in [3.8, 4) is 0 Å². The number of hydrogen-bond acceptors (Lipinski definition) is 3. The Balaban J connectivity index is 2.76. The van der Waals surface area contributed by atoms with Crippen LogP contribution in [0.2, 0.25) is 0 Å². The summed E-state index contributed by atoms with van der Waals surface area (Å²) in [5.74, 6) is 1.99. The zero-order chi connectivity index (χ0) is 11.4. The first-order valence-electron chi connectivity index (χ1n) is 5.72. The lowest BCUT2D eigenvalue weighted by Crippen LogP contribution is -2.25. The quantitative estimate of drug-likeness (QED) is 0.806. The predicted octanol–water partition coefficient (Wildman–Crippen LogP) is 1.84. The Kier molecular flexibility index (Phi) is 4.27. The molecular weight excluding hydrogens is 188 g/mol. The molecule has 0 saturated heterocycles. The highest BCUT2D eigenvalue weighted by molar-refractivity contribution is 4.98. The second-order valence-electron chi connectivity index (χ2n) is 4.38. The molecular formula is C11H22N4. The van der Waals surface area contributed by atoms with E-state index in [1.54, 1.807) is 0 Å². The molecule has 86 valence electrons. The summed E-state index contributed by atoms with van der Waals surface area (Å²) in [6.45, 7) is 8.43. The first-order chi connectivity index (χ1) is 7.06. The largest absolute Gasteiger partial charge is 0.327 e. The molecule has 1 heterocycles. The second-order valence-corrected chi connectivity index (χ2v) is 4.38. The lowest BCUT2D eigenvalue weighted by atomic mass is 10.1. The van der Waals surface area contributed by atoms with E-state index in [9.17, 15) is 0 Å². The number of aryl methyl sites for hydroxylation is 1. The van der Waals surface area contributed by atoms with E-state index < -0.39 is 0 Å². The summed E-state index contributed by atoms with van der Waals surface area (Å²) in [6, 6.07) is 0.611. The Hall–Kier alpha value is -0.900. The third-order valence-electron chi connectivity index (χ3n) is 2.56. The molecule has 0 aliphatic rings. The van der Waals surface area contributed by atoms with Crippen molar-refractivity contribution in [2.45, 2.75) is 59.0 Å². The molecule has 1 atom stereocenters. The van der Waals surface area contributed by atoms with Gasteiger partial charge in [0.15, 0.2) is 0 Å². The Labute approximate surface area is 91.9 Å². The molecule has 0 saturated carbocycles. The molecule has 4 heteroatoms. The molecule has 1 rings (SSSR count). The zero-order valence-corrected chi connectivity index (χ0v) is 10.2. The average molecular weight is 210 g/mol. The van der Waals surface area contributed by atoms with Gasteiger partial charge in [0.25, 0.3) is 0 Å². The molecule has 0 aliphatic carbocycles. The van der Waals surface area contributed by atoms with Crippen LogP contribution in [0, 0.1) is 6.92 Å². The van der Waals surface area contributed by atoms with Gasteiger partial charge in [0.2, 0.25) is 0 Å². The summed E-state index contributed by atoms with van der Waals surface area (Å²) in [7, 11) is 0. The fourth-order valence-corrected chi connectivity index (χ4v) is 1.93. The van der Waals surface area contributed by atoms with E-state index in [2.05, 4.69) is 35.5 Å². The number of aromatic nitrogens is 3. The third-order valence-corrected chi connectivity index (χ3v) is 2.56. The Bertz CT molecular complexity index is 304. The Morgan fingerprint density at radius 2 is 2.00 bits per heavy atom. The van der Waals surface area contributed by atoms with Crippen LogP contribution in [0.25, 0.3) is 0 Å². The maximum Gasteiger partial charge on any atom is 0.134 e. The van der Waals surface area contributed by atoms with Crippen LogP contribution in [0.3, 0.4) is 0 Å². The minimum atomic E-state index is 0.205. The molecule has 0 aromatic carbocycles. The fourth-order valence-electron chi connectivity index (χ4n) is 1.93. The monoisotopic (exact) mass is 210 g/mol. The van der Waals surface area contributed by atoms with Crippen LogP contribution in [0.1, 0.15) is 51.3 Å². The molecule has 1 aromatic heterocycles. The van der Waals surface area contributed by atoms with E-state index in [4.69, 9.17) is 5.73 Å². The molecule has 15 heavy (non-hydrogen) atoms. The van der Waals surface area contributed by atoms with E-state index in [0.29, 0.717) is 6.04 Å². The van der Waals surface area contributed by atoms with Crippen LogP contribution in [0.4, 0.5) is 0 Å². The van der Waals surface area contributed by atoms with E-state index in [1.165, 1.54) is 0 Å². The molecule has 0 spiro atoms. The molecule has 0 bridgehead atoms. The van der Waals surface area contributed by atoms with E-state index in [0.717, 1.165) is 30.9 Å². The Morgan fingerprint density at radius 3 is 2.53 bits per heavy atom. The van der Waals surface area contributed by atoms with Gasteiger partial charge < -0.3 is 10.3 Å². The summed E-state index contributed by atoms with van der Waals surface area (Å²) in [6.07, 6.45) is 2.99. The third kappa shape index (κ3) is 3.02. The smallest absolute Gasteiger partial charge is 0.134 e. The van der Waals surface area contributed by atoms with Crippen LogP contribution in [0.5, 0.6) is 0 Å². The molecule has 0 radical (unpaired) electrons. The predicted molar refractivity (Wildman–Crippen MR) is 61.7 cm³/mol. The van der Waals surface area contributed by atoms with E-state index in [-0.39, 0.29) is 6.04 Å². The van der Waals surface area contributed by atoms with Crippen molar-refractivity contribution in [2.24, 2.45) is 5.73 Å². The summed E-state index contributed by atoms with van der Waals surface area (Å²) in [5.41, 5.74) is 6.01. The molecule has 0 aliphatic heterocycles. The maximum absolute atomic E-state index is 6.01. The topological polar surface area (TPSA) is 56.7 Å². The molecule has 4 nitrogen and oxygen atoms in total. The minimum absolute atomic E-state index is 0.205. The Morgan fingerprint density at radius 1 is 1.33 bits per heavy atom. The van der Waals surface area contributed by atoms with Gasteiger partial charge in [-0.2, -0.15) is 0 Å². The summed E-state index contributed by atoms with van der Waals surface area (Å²) in [5, 5.41) is 8.30. The van der Waals surface area contributed by atoms with Crippen molar-refractivity contribution < 1.29 is 0 Å². The van der Waals surface area contributed by atoms with Crippen LogP contribution in [0.15, 0.2) is 0 Å². The first kappa shape index (κ1) is 12.2. The molecule has 0 amide bonds. The molecule has 1 aromatic rings. The zero-order valence-electron chi connectivity index (χ0n) is 10.2. The van der Waals surface area contributed by atoms with Gasteiger partial charge >= 0.3 is 0 Å². The normalized spacial score (nSPS) is 13.5. The van der Waals surface area contributed by atoms with Gasteiger partial charge in [-0.05, 0) is 27.2 Å². The summed E-state index contributed by atoms with van der Waals surface area (Å²) < 4.78 is 2.16. The lowest BCUT2D eigenvalue weighted by molar-refractivity contribution is 0.517. The van der Waals surface area contributed by atoms with Gasteiger partial charge in [-0.1, -0.05) is 13.3 Å².